The fourth-order valence-electron chi connectivity index (χ4n) is 3.69. The Balaban J connectivity index is 1.95. The van der Waals surface area contributed by atoms with Crippen molar-refractivity contribution in [1.29, 1.82) is 0 Å². The average molecular weight is 266 g/mol. The molecule has 4 atom stereocenters. The van der Waals surface area contributed by atoms with Crippen molar-refractivity contribution >= 4 is 0 Å². The molecule has 2 rings (SSSR count). The van der Waals surface area contributed by atoms with E-state index < -0.39 is 24.7 Å². The Kier molecular flexibility index (Phi) is 4.54. The monoisotopic (exact) mass is 266 g/mol. The first kappa shape index (κ1) is 14.1. The zero-order valence-corrected chi connectivity index (χ0v) is 10.8. The lowest BCUT2D eigenvalue weighted by Gasteiger charge is -2.38. The number of alkyl halides is 4. The third-order valence-electron chi connectivity index (χ3n) is 4.74. The number of halogens is 4. The van der Waals surface area contributed by atoms with Crippen LogP contribution >= 0.6 is 0 Å². The molecule has 4 unspecified atom stereocenters. The maximum Gasteiger partial charge on any atom is 0.103 e. The number of hydrogen-bond acceptors (Lipinski definition) is 0. The molecule has 0 nitrogen and oxygen atoms in total. The van der Waals surface area contributed by atoms with Gasteiger partial charge in [-0.2, -0.15) is 0 Å². The Bertz CT molecular complexity index is 225. The van der Waals surface area contributed by atoms with Crippen LogP contribution in [0.15, 0.2) is 0 Å². The quantitative estimate of drug-likeness (QED) is 0.642. The third-order valence-corrected chi connectivity index (χ3v) is 4.74. The first-order chi connectivity index (χ1) is 8.45. The summed E-state index contributed by atoms with van der Waals surface area (Å²) in [6, 6.07) is 0. The van der Waals surface area contributed by atoms with Gasteiger partial charge >= 0.3 is 0 Å². The van der Waals surface area contributed by atoms with E-state index in [9.17, 15) is 17.6 Å². The Morgan fingerprint density at radius 1 is 0.611 bits per heavy atom. The van der Waals surface area contributed by atoms with E-state index in [0.717, 1.165) is 0 Å². The number of rotatable bonds is 2. The van der Waals surface area contributed by atoms with Gasteiger partial charge in [0.05, 0.1) is 0 Å². The van der Waals surface area contributed by atoms with Crippen molar-refractivity contribution in [1.82, 2.24) is 0 Å². The van der Waals surface area contributed by atoms with Crippen molar-refractivity contribution in [2.45, 2.75) is 70.1 Å². The van der Waals surface area contributed by atoms with Crippen LogP contribution in [0.3, 0.4) is 0 Å². The van der Waals surface area contributed by atoms with Crippen LogP contribution in [0.25, 0.3) is 0 Å². The molecule has 0 amide bonds. The van der Waals surface area contributed by atoms with E-state index in [1.807, 2.05) is 6.92 Å². The van der Waals surface area contributed by atoms with Gasteiger partial charge in [-0.1, -0.05) is 6.92 Å². The van der Waals surface area contributed by atoms with Crippen molar-refractivity contribution in [3.05, 3.63) is 0 Å². The van der Waals surface area contributed by atoms with Crippen LogP contribution in [0.2, 0.25) is 0 Å². The molecule has 18 heavy (non-hydrogen) atoms. The maximum absolute atomic E-state index is 13.4. The molecule has 0 radical (unpaired) electrons. The highest BCUT2D eigenvalue weighted by atomic mass is 19.2. The van der Waals surface area contributed by atoms with Crippen molar-refractivity contribution in [3.63, 3.8) is 0 Å². The minimum absolute atomic E-state index is 0.00857. The smallest absolute Gasteiger partial charge is 0.103 e. The Labute approximate surface area is 106 Å². The van der Waals surface area contributed by atoms with Crippen LogP contribution in [0.5, 0.6) is 0 Å². The first-order valence-corrected chi connectivity index (χ1v) is 7.02. The van der Waals surface area contributed by atoms with E-state index >= 15 is 0 Å². The van der Waals surface area contributed by atoms with E-state index in [-0.39, 0.29) is 30.6 Å². The predicted molar refractivity (Wildman–Crippen MR) is 63.4 cm³/mol. The lowest BCUT2D eigenvalue weighted by Crippen LogP contribution is -2.36. The Morgan fingerprint density at radius 3 is 1.17 bits per heavy atom. The van der Waals surface area contributed by atoms with E-state index in [0.29, 0.717) is 25.7 Å². The van der Waals surface area contributed by atoms with Gasteiger partial charge in [0.15, 0.2) is 0 Å². The van der Waals surface area contributed by atoms with Crippen molar-refractivity contribution < 1.29 is 17.6 Å². The Hall–Kier alpha value is -0.280. The van der Waals surface area contributed by atoms with Gasteiger partial charge in [0.2, 0.25) is 0 Å². The topological polar surface area (TPSA) is 0 Å². The van der Waals surface area contributed by atoms with Crippen molar-refractivity contribution in [2.24, 2.45) is 17.8 Å². The Morgan fingerprint density at radius 2 is 0.889 bits per heavy atom. The number of hydrogen-bond donors (Lipinski definition) is 0. The summed E-state index contributed by atoms with van der Waals surface area (Å²) in [6.45, 7) is 1.91. The molecule has 106 valence electrons. The molecule has 0 spiro atoms. The highest BCUT2D eigenvalue weighted by molar-refractivity contribution is 4.88. The van der Waals surface area contributed by atoms with Gasteiger partial charge in [0.1, 0.15) is 24.7 Å². The van der Waals surface area contributed by atoms with Gasteiger partial charge < -0.3 is 0 Å². The SMILES string of the molecule is CC(C1CC(F)CC(F)C1)C1CC(F)CC(F)C1. The highest BCUT2D eigenvalue weighted by Crippen LogP contribution is 2.42. The molecule has 4 heteroatoms. The molecule has 0 aliphatic heterocycles. The molecule has 2 aliphatic rings. The standard InChI is InChI=1S/C14H22F4/c1-8(9-2-11(15)6-12(16)3-9)10-4-13(17)7-14(18)5-10/h8-14H,2-7H2,1H3. The molecule has 0 aromatic heterocycles. The summed E-state index contributed by atoms with van der Waals surface area (Å²) in [7, 11) is 0. The van der Waals surface area contributed by atoms with Gasteiger partial charge in [0, 0.05) is 12.8 Å². The molecule has 2 fully saturated rings. The summed E-state index contributed by atoms with van der Waals surface area (Å²) in [5.41, 5.74) is 0. The van der Waals surface area contributed by atoms with Gasteiger partial charge in [-0.3, -0.25) is 0 Å². The van der Waals surface area contributed by atoms with Crippen LogP contribution < -0.4 is 0 Å². The van der Waals surface area contributed by atoms with Gasteiger partial charge in [-0.05, 0) is 43.4 Å². The molecule has 0 bridgehead atoms. The van der Waals surface area contributed by atoms with Gasteiger partial charge in [0.25, 0.3) is 0 Å². The third kappa shape index (κ3) is 3.39. The van der Waals surface area contributed by atoms with E-state index in [2.05, 4.69) is 0 Å². The average Bonchev–Trinajstić information content (AvgIpc) is 2.25. The fourth-order valence-corrected chi connectivity index (χ4v) is 3.69. The normalized spacial score (nSPS) is 47.8. The van der Waals surface area contributed by atoms with E-state index in [1.54, 1.807) is 0 Å². The molecule has 0 aromatic rings. The molecule has 0 aromatic carbocycles. The van der Waals surface area contributed by atoms with Gasteiger partial charge in [-0.25, -0.2) is 17.6 Å². The second-order valence-electron chi connectivity index (χ2n) is 6.18. The minimum Gasteiger partial charge on any atom is -0.247 e. The molecule has 2 saturated carbocycles. The van der Waals surface area contributed by atoms with Crippen molar-refractivity contribution in [2.75, 3.05) is 0 Å². The van der Waals surface area contributed by atoms with E-state index in [4.69, 9.17) is 0 Å². The molecule has 0 saturated heterocycles. The van der Waals surface area contributed by atoms with Crippen LogP contribution in [0.4, 0.5) is 17.6 Å². The summed E-state index contributed by atoms with van der Waals surface area (Å²) >= 11 is 0. The summed E-state index contributed by atoms with van der Waals surface area (Å²) in [4.78, 5) is 0. The lowest BCUT2D eigenvalue weighted by molar-refractivity contribution is 0.0338. The van der Waals surface area contributed by atoms with Crippen molar-refractivity contribution in [3.8, 4) is 0 Å². The maximum atomic E-state index is 13.4. The zero-order chi connectivity index (χ0) is 13.3. The molecule has 0 heterocycles. The highest BCUT2D eigenvalue weighted by Gasteiger charge is 2.38. The second-order valence-corrected chi connectivity index (χ2v) is 6.18. The van der Waals surface area contributed by atoms with E-state index in [1.165, 1.54) is 0 Å². The summed E-state index contributed by atoms with van der Waals surface area (Å²) in [5, 5.41) is 0. The van der Waals surface area contributed by atoms with Crippen LogP contribution in [0, 0.1) is 17.8 Å². The lowest BCUT2D eigenvalue weighted by atomic mass is 9.69. The second kappa shape index (κ2) is 5.79. The predicted octanol–water partition coefficient (Wildman–Crippen LogP) is 4.58. The molecule has 2 aliphatic carbocycles. The zero-order valence-electron chi connectivity index (χ0n) is 10.8. The summed E-state index contributed by atoms with van der Waals surface area (Å²) < 4.78 is 53.5. The van der Waals surface area contributed by atoms with Gasteiger partial charge in [-0.15, -0.1) is 0 Å². The fraction of sp³-hybridized carbons (Fsp3) is 1.00. The molecular formula is C14H22F4. The van der Waals surface area contributed by atoms with Crippen LogP contribution in [-0.4, -0.2) is 24.7 Å². The summed E-state index contributed by atoms with van der Waals surface area (Å²) in [6.07, 6.45) is -2.97. The molecular weight excluding hydrogens is 244 g/mol. The first-order valence-electron chi connectivity index (χ1n) is 7.02. The largest absolute Gasteiger partial charge is 0.247 e. The molecule has 0 N–H and O–H groups in total. The minimum atomic E-state index is -1.09. The summed E-state index contributed by atoms with van der Waals surface area (Å²) in [5.74, 6) is -0.115. The van der Waals surface area contributed by atoms with Crippen LogP contribution in [-0.2, 0) is 0 Å². The van der Waals surface area contributed by atoms with Crippen LogP contribution in [0.1, 0.15) is 45.4 Å².